The van der Waals surface area contributed by atoms with Gasteiger partial charge in [-0.2, -0.15) is 0 Å². The Morgan fingerprint density at radius 1 is 1.58 bits per heavy atom. The lowest BCUT2D eigenvalue weighted by Gasteiger charge is -2.15. The summed E-state index contributed by atoms with van der Waals surface area (Å²) in [6.45, 7) is 2.20. The third kappa shape index (κ3) is 2.74. The lowest BCUT2D eigenvalue weighted by atomic mass is 10.3. The molecule has 1 aliphatic heterocycles. The molecule has 0 aromatic rings. The van der Waals surface area contributed by atoms with Gasteiger partial charge in [-0.05, 0) is 13.3 Å². The fourth-order valence-corrected chi connectivity index (χ4v) is 1.01. The van der Waals surface area contributed by atoms with Gasteiger partial charge in [0.25, 0.3) is 0 Å². The molecule has 0 bridgehead atoms. The van der Waals surface area contributed by atoms with Crippen molar-refractivity contribution in [3.63, 3.8) is 0 Å². The predicted octanol–water partition coefficient (Wildman–Crippen LogP) is 0.216. The maximum absolute atomic E-state index is 11.0. The van der Waals surface area contributed by atoms with Crippen molar-refractivity contribution in [2.45, 2.75) is 19.8 Å². The van der Waals surface area contributed by atoms with Crippen LogP contribution in [0.2, 0.25) is 0 Å². The topological polar surface area (TPSA) is 49.4 Å². The summed E-state index contributed by atoms with van der Waals surface area (Å²) >= 11 is 0. The molecule has 1 heterocycles. The first kappa shape index (κ1) is 8.77. The van der Waals surface area contributed by atoms with Crippen LogP contribution >= 0.6 is 0 Å². The third-order valence-electron chi connectivity index (χ3n) is 1.50. The zero-order valence-electron chi connectivity index (χ0n) is 7.04. The van der Waals surface area contributed by atoms with E-state index in [1.165, 1.54) is 6.92 Å². The number of nitrogens with one attached hydrogen (secondary N) is 1. The second kappa shape index (κ2) is 3.90. The molecule has 1 rings (SSSR count). The van der Waals surface area contributed by atoms with Gasteiger partial charge in [-0.15, -0.1) is 0 Å². The van der Waals surface area contributed by atoms with Gasteiger partial charge in [0, 0.05) is 12.7 Å². The first-order valence-corrected chi connectivity index (χ1v) is 3.90. The van der Waals surface area contributed by atoms with Crippen LogP contribution in [0.15, 0.2) is 12.3 Å². The highest BCUT2D eigenvalue weighted by Gasteiger charge is 2.09. The molecule has 66 valence electrons. The number of carbonyl (C=O) groups is 2. The van der Waals surface area contributed by atoms with Crippen molar-refractivity contribution in [2.75, 3.05) is 6.54 Å². The maximum Gasteiger partial charge on any atom is 0.245 e. The highest BCUT2D eigenvalue weighted by Crippen LogP contribution is 1.99. The second-order valence-electron chi connectivity index (χ2n) is 2.78. The molecule has 0 radical (unpaired) electrons. The average Bonchev–Trinajstić information content (AvgIpc) is 2.37. The minimum absolute atomic E-state index is 0.0374. The lowest BCUT2D eigenvalue weighted by molar-refractivity contribution is -0.129. The van der Waals surface area contributed by atoms with Crippen molar-refractivity contribution in [3.8, 4) is 0 Å². The van der Waals surface area contributed by atoms with E-state index in [4.69, 9.17) is 0 Å². The molecule has 0 atom stereocenters. The monoisotopic (exact) mass is 168 g/mol. The summed E-state index contributed by atoms with van der Waals surface area (Å²) in [4.78, 5) is 21.5. The van der Waals surface area contributed by atoms with Gasteiger partial charge >= 0.3 is 0 Å². The minimum Gasteiger partial charge on any atom is -0.299 e. The maximum atomic E-state index is 11.0. The van der Waals surface area contributed by atoms with E-state index in [0.29, 0.717) is 0 Å². The lowest BCUT2D eigenvalue weighted by Crippen LogP contribution is -2.37. The molecule has 0 aromatic carbocycles. The molecular weight excluding hydrogens is 156 g/mol. The molecule has 0 saturated carbocycles. The summed E-state index contributed by atoms with van der Waals surface area (Å²) in [7, 11) is 0. The van der Waals surface area contributed by atoms with E-state index < -0.39 is 0 Å². The molecule has 0 spiro atoms. The Kier molecular flexibility index (Phi) is 2.85. The van der Waals surface area contributed by atoms with Crippen LogP contribution in [0.1, 0.15) is 19.8 Å². The van der Waals surface area contributed by atoms with Gasteiger partial charge in [0.1, 0.15) is 5.78 Å². The number of rotatable bonds is 3. The van der Waals surface area contributed by atoms with Gasteiger partial charge in [0.2, 0.25) is 5.91 Å². The van der Waals surface area contributed by atoms with Gasteiger partial charge in [0.15, 0.2) is 0 Å². The van der Waals surface area contributed by atoms with Crippen molar-refractivity contribution in [1.29, 1.82) is 0 Å². The van der Waals surface area contributed by atoms with Gasteiger partial charge in [-0.3, -0.25) is 20.0 Å². The van der Waals surface area contributed by atoms with Crippen molar-refractivity contribution in [3.05, 3.63) is 12.3 Å². The Bertz CT molecular complexity index is 223. The number of amides is 1. The fraction of sp³-hybridized carbons (Fsp3) is 0.500. The number of hydrogen-bond donors (Lipinski definition) is 1. The van der Waals surface area contributed by atoms with Crippen molar-refractivity contribution >= 4 is 11.7 Å². The summed E-state index contributed by atoms with van der Waals surface area (Å²) < 4.78 is 0. The van der Waals surface area contributed by atoms with Crippen molar-refractivity contribution in [2.24, 2.45) is 0 Å². The Morgan fingerprint density at radius 3 is 2.83 bits per heavy atom. The highest BCUT2D eigenvalue weighted by atomic mass is 16.2. The first-order valence-electron chi connectivity index (χ1n) is 3.90. The summed E-state index contributed by atoms with van der Waals surface area (Å²) in [5.41, 5.74) is 2.60. The Labute approximate surface area is 71.2 Å². The number of carbonyl (C=O) groups excluding carboxylic acids is 2. The van der Waals surface area contributed by atoms with Gasteiger partial charge in [-0.1, -0.05) is 6.08 Å². The Hall–Kier alpha value is -1.32. The summed E-state index contributed by atoms with van der Waals surface area (Å²) in [5, 5.41) is 1.69. The molecule has 4 heteroatoms. The zero-order valence-corrected chi connectivity index (χ0v) is 7.04. The van der Waals surface area contributed by atoms with Crippen molar-refractivity contribution < 1.29 is 9.59 Å². The zero-order chi connectivity index (χ0) is 8.97. The molecule has 0 fully saturated rings. The quantitative estimate of drug-likeness (QED) is 0.613. The molecule has 0 aromatic heterocycles. The SMILES string of the molecule is CC(=O)CC(=O)NN1C=CCC1. The molecule has 0 aliphatic carbocycles. The average molecular weight is 168 g/mol. The highest BCUT2D eigenvalue weighted by molar-refractivity contribution is 5.96. The normalized spacial score (nSPS) is 14.9. The molecule has 1 amide bonds. The first-order chi connectivity index (χ1) is 5.68. The van der Waals surface area contributed by atoms with Crippen LogP contribution in [0.4, 0.5) is 0 Å². The fourth-order valence-electron chi connectivity index (χ4n) is 1.01. The van der Waals surface area contributed by atoms with Crippen LogP contribution in [0.25, 0.3) is 0 Å². The standard InChI is InChI=1S/C8H12N2O2/c1-7(11)6-8(12)9-10-4-2-3-5-10/h2,4H,3,5-6H2,1H3,(H,9,12). The number of ketones is 1. The van der Waals surface area contributed by atoms with Crippen LogP contribution in [0, 0.1) is 0 Å². The van der Waals surface area contributed by atoms with E-state index in [2.05, 4.69) is 5.43 Å². The predicted molar refractivity (Wildman–Crippen MR) is 43.9 cm³/mol. The van der Waals surface area contributed by atoms with E-state index in [1.54, 1.807) is 11.2 Å². The number of Topliss-reactive ketones (excluding diaryl/α,β-unsaturated/α-hetero) is 1. The Balaban J connectivity index is 2.26. The van der Waals surface area contributed by atoms with Gasteiger partial charge in [0.05, 0.1) is 6.42 Å². The molecule has 12 heavy (non-hydrogen) atoms. The van der Waals surface area contributed by atoms with Crippen LogP contribution in [-0.2, 0) is 9.59 Å². The van der Waals surface area contributed by atoms with Crippen LogP contribution < -0.4 is 5.43 Å². The third-order valence-corrected chi connectivity index (χ3v) is 1.50. The largest absolute Gasteiger partial charge is 0.299 e. The molecule has 1 aliphatic rings. The number of hydrazine groups is 1. The Morgan fingerprint density at radius 2 is 2.33 bits per heavy atom. The van der Waals surface area contributed by atoms with Crippen LogP contribution in [-0.4, -0.2) is 23.2 Å². The van der Waals surface area contributed by atoms with Crippen LogP contribution in [0.3, 0.4) is 0 Å². The van der Waals surface area contributed by atoms with E-state index in [1.807, 2.05) is 6.08 Å². The summed E-state index contributed by atoms with van der Waals surface area (Å²) in [6.07, 6.45) is 4.68. The minimum atomic E-state index is -0.242. The van der Waals surface area contributed by atoms with E-state index in [-0.39, 0.29) is 18.1 Å². The number of hydrogen-bond acceptors (Lipinski definition) is 3. The molecule has 0 saturated heterocycles. The second-order valence-corrected chi connectivity index (χ2v) is 2.78. The molecule has 0 unspecified atom stereocenters. The van der Waals surface area contributed by atoms with E-state index in [0.717, 1.165) is 13.0 Å². The van der Waals surface area contributed by atoms with Crippen molar-refractivity contribution in [1.82, 2.24) is 10.4 Å². The molecule has 1 N–H and O–H groups in total. The van der Waals surface area contributed by atoms with Crippen LogP contribution in [0.5, 0.6) is 0 Å². The molecule has 4 nitrogen and oxygen atoms in total. The summed E-state index contributed by atoms with van der Waals surface area (Å²) in [6, 6.07) is 0. The van der Waals surface area contributed by atoms with E-state index in [9.17, 15) is 9.59 Å². The van der Waals surface area contributed by atoms with Gasteiger partial charge < -0.3 is 0 Å². The van der Waals surface area contributed by atoms with E-state index >= 15 is 0 Å². The smallest absolute Gasteiger partial charge is 0.245 e. The molecular formula is C8H12N2O2. The summed E-state index contributed by atoms with van der Waals surface area (Å²) in [5.74, 6) is -0.357. The number of nitrogens with zero attached hydrogens (tertiary/aromatic N) is 1. The van der Waals surface area contributed by atoms with Gasteiger partial charge in [-0.25, -0.2) is 0 Å².